The maximum Gasteiger partial charge on any atom is 0.119 e. The predicted octanol–water partition coefficient (Wildman–Crippen LogP) is 3.83. The Balaban J connectivity index is 1.62. The van der Waals surface area contributed by atoms with Gasteiger partial charge in [-0.25, -0.2) is 0 Å². The molecule has 2 aromatic carbocycles. The van der Waals surface area contributed by atoms with Crippen molar-refractivity contribution in [3.63, 3.8) is 0 Å². The molecule has 104 valence electrons. The van der Waals surface area contributed by atoms with Crippen LogP contribution in [-0.4, -0.2) is 6.04 Å². The Bertz CT molecular complexity index is 558. The number of hydrogen-bond donors (Lipinski definition) is 1. The summed E-state index contributed by atoms with van der Waals surface area (Å²) in [6, 6.07) is 17.5. The highest BCUT2D eigenvalue weighted by molar-refractivity contribution is 5.29. The Morgan fingerprint density at radius 1 is 1.00 bits per heavy atom. The van der Waals surface area contributed by atoms with E-state index in [9.17, 15) is 0 Å². The highest BCUT2D eigenvalue weighted by atomic mass is 16.5. The Kier molecular flexibility index (Phi) is 4.03. The summed E-state index contributed by atoms with van der Waals surface area (Å²) in [5.74, 6) is 0.931. The fraction of sp³-hybridized carbons (Fsp3) is 0.333. The third-order valence-electron chi connectivity index (χ3n) is 3.69. The van der Waals surface area contributed by atoms with Gasteiger partial charge in [0.2, 0.25) is 0 Å². The summed E-state index contributed by atoms with van der Waals surface area (Å²) < 4.78 is 5.88. The molecule has 0 heterocycles. The van der Waals surface area contributed by atoms with Crippen molar-refractivity contribution in [1.82, 2.24) is 5.32 Å². The van der Waals surface area contributed by atoms with Crippen molar-refractivity contribution in [2.75, 3.05) is 0 Å². The van der Waals surface area contributed by atoms with Gasteiger partial charge >= 0.3 is 0 Å². The van der Waals surface area contributed by atoms with Gasteiger partial charge in [-0.1, -0.05) is 42.0 Å². The molecule has 1 aliphatic carbocycles. The Morgan fingerprint density at radius 2 is 1.70 bits per heavy atom. The first-order valence-electron chi connectivity index (χ1n) is 7.31. The largest absolute Gasteiger partial charge is 0.489 e. The van der Waals surface area contributed by atoms with E-state index in [0.29, 0.717) is 6.61 Å². The maximum absolute atomic E-state index is 5.88. The van der Waals surface area contributed by atoms with Crippen LogP contribution in [0.3, 0.4) is 0 Å². The average Bonchev–Trinajstić information content (AvgIpc) is 3.30. The third-order valence-corrected chi connectivity index (χ3v) is 3.69. The average molecular weight is 267 g/mol. The van der Waals surface area contributed by atoms with Gasteiger partial charge in [0.05, 0.1) is 0 Å². The third kappa shape index (κ3) is 3.61. The number of benzene rings is 2. The highest BCUT2D eigenvalue weighted by Gasteiger charge is 2.20. The smallest absolute Gasteiger partial charge is 0.119 e. The molecule has 1 N–H and O–H groups in total. The van der Waals surface area contributed by atoms with Gasteiger partial charge in [0.25, 0.3) is 0 Å². The van der Waals surface area contributed by atoms with E-state index < -0.39 is 0 Å². The molecule has 1 aliphatic rings. The summed E-state index contributed by atoms with van der Waals surface area (Å²) in [5, 5.41) is 3.56. The first-order valence-corrected chi connectivity index (χ1v) is 7.31. The molecule has 2 aromatic rings. The summed E-state index contributed by atoms with van der Waals surface area (Å²) >= 11 is 0. The first-order chi connectivity index (χ1) is 9.81. The molecule has 2 heteroatoms. The first kappa shape index (κ1) is 13.2. The molecule has 0 amide bonds. The minimum absolute atomic E-state index is 0.631. The van der Waals surface area contributed by atoms with Crippen molar-refractivity contribution < 1.29 is 4.74 Å². The fourth-order valence-electron chi connectivity index (χ4n) is 2.21. The molecular weight excluding hydrogens is 246 g/mol. The van der Waals surface area contributed by atoms with E-state index in [1.165, 1.54) is 29.5 Å². The van der Waals surface area contributed by atoms with E-state index in [4.69, 9.17) is 4.74 Å². The molecule has 0 saturated heterocycles. The second-order valence-corrected chi connectivity index (χ2v) is 5.53. The molecule has 0 atom stereocenters. The van der Waals surface area contributed by atoms with E-state index in [-0.39, 0.29) is 0 Å². The molecule has 0 unspecified atom stereocenters. The standard InChI is InChI=1S/C18H21NO/c1-14-6-10-18(11-7-14)20-13-16-5-3-2-4-15(16)12-19-17-8-9-17/h2-7,10-11,17,19H,8-9,12-13H2,1H3. The van der Waals surface area contributed by atoms with Gasteiger partial charge in [-0.2, -0.15) is 0 Å². The van der Waals surface area contributed by atoms with E-state index in [2.05, 4.69) is 48.6 Å². The zero-order chi connectivity index (χ0) is 13.8. The van der Waals surface area contributed by atoms with Crippen LogP contribution in [-0.2, 0) is 13.2 Å². The van der Waals surface area contributed by atoms with Crippen LogP contribution in [0.2, 0.25) is 0 Å². The molecule has 2 nitrogen and oxygen atoms in total. The molecule has 0 radical (unpaired) electrons. The summed E-state index contributed by atoms with van der Waals surface area (Å²) in [6.07, 6.45) is 2.64. The van der Waals surface area contributed by atoms with E-state index in [1.807, 2.05) is 12.1 Å². The monoisotopic (exact) mass is 267 g/mol. The summed E-state index contributed by atoms with van der Waals surface area (Å²) in [7, 11) is 0. The van der Waals surface area contributed by atoms with Crippen molar-refractivity contribution in [2.24, 2.45) is 0 Å². The number of rotatable bonds is 6. The lowest BCUT2D eigenvalue weighted by molar-refractivity contribution is 0.304. The van der Waals surface area contributed by atoms with Crippen LogP contribution in [0.5, 0.6) is 5.75 Å². The fourth-order valence-corrected chi connectivity index (χ4v) is 2.21. The lowest BCUT2D eigenvalue weighted by atomic mass is 10.1. The summed E-state index contributed by atoms with van der Waals surface area (Å²) in [4.78, 5) is 0. The Morgan fingerprint density at radius 3 is 2.40 bits per heavy atom. The van der Waals surface area contributed by atoms with Crippen molar-refractivity contribution in [2.45, 2.75) is 39.0 Å². The number of ether oxygens (including phenoxy) is 1. The van der Waals surface area contributed by atoms with Gasteiger partial charge in [-0.3, -0.25) is 0 Å². The van der Waals surface area contributed by atoms with Crippen molar-refractivity contribution in [3.8, 4) is 5.75 Å². The predicted molar refractivity (Wildman–Crippen MR) is 81.8 cm³/mol. The van der Waals surface area contributed by atoms with Crippen molar-refractivity contribution in [1.29, 1.82) is 0 Å². The number of nitrogens with one attached hydrogen (secondary N) is 1. The summed E-state index contributed by atoms with van der Waals surface area (Å²) in [6.45, 7) is 3.66. The zero-order valence-corrected chi connectivity index (χ0v) is 11.9. The molecule has 0 aliphatic heterocycles. The van der Waals surface area contributed by atoms with Gasteiger partial charge in [-0.15, -0.1) is 0 Å². The van der Waals surface area contributed by atoms with Crippen LogP contribution in [0, 0.1) is 6.92 Å². The van der Waals surface area contributed by atoms with Crippen LogP contribution in [0.1, 0.15) is 29.5 Å². The van der Waals surface area contributed by atoms with Crippen LogP contribution >= 0.6 is 0 Å². The van der Waals surface area contributed by atoms with E-state index in [1.54, 1.807) is 0 Å². The van der Waals surface area contributed by atoms with Gasteiger partial charge < -0.3 is 10.1 Å². The molecule has 0 spiro atoms. The summed E-state index contributed by atoms with van der Waals surface area (Å²) in [5.41, 5.74) is 3.86. The SMILES string of the molecule is Cc1ccc(OCc2ccccc2CNC2CC2)cc1. The molecule has 0 aromatic heterocycles. The highest BCUT2D eigenvalue weighted by Crippen LogP contribution is 2.20. The van der Waals surface area contributed by atoms with Crippen LogP contribution in [0.25, 0.3) is 0 Å². The van der Waals surface area contributed by atoms with Crippen LogP contribution < -0.4 is 10.1 Å². The lowest BCUT2D eigenvalue weighted by Gasteiger charge is -2.12. The van der Waals surface area contributed by atoms with E-state index >= 15 is 0 Å². The van der Waals surface area contributed by atoms with E-state index in [0.717, 1.165) is 18.3 Å². The normalized spacial score (nSPS) is 14.2. The molecule has 0 bridgehead atoms. The molecule has 1 saturated carbocycles. The van der Waals surface area contributed by atoms with Crippen molar-refractivity contribution in [3.05, 3.63) is 65.2 Å². The molecule has 20 heavy (non-hydrogen) atoms. The minimum Gasteiger partial charge on any atom is -0.489 e. The van der Waals surface area contributed by atoms with Gasteiger partial charge in [0.1, 0.15) is 12.4 Å². The van der Waals surface area contributed by atoms with Crippen molar-refractivity contribution >= 4 is 0 Å². The topological polar surface area (TPSA) is 21.3 Å². The van der Waals surface area contributed by atoms with Crippen LogP contribution in [0.15, 0.2) is 48.5 Å². The Hall–Kier alpha value is -1.80. The Labute approximate surface area is 120 Å². The number of hydrogen-bond acceptors (Lipinski definition) is 2. The van der Waals surface area contributed by atoms with Gasteiger partial charge in [0.15, 0.2) is 0 Å². The quantitative estimate of drug-likeness (QED) is 0.859. The minimum atomic E-state index is 0.631. The number of aryl methyl sites for hydroxylation is 1. The molecule has 1 fully saturated rings. The van der Waals surface area contributed by atoms with Crippen LogP contribution in [0.4, 0.5) is 0 Å². The maximum atomic E-state index is 5.88. The molecular formula is C18H21NO. The second-order valence-electron chi connectivity index (χ2n) is 5.53. The van der Waals surface area contributed by atoms with Gasteiger partial charge in [-0.05, 0) is 43.0 Å². The molecule has 3 rings (SSSR count). The zero-order valence-electron chi connectivity index (χ0n) is 11.9. The second kappa shape index (κ2) is 6.10. The lowest BCUT2D eigenvalue weighted by Crippen LogP contribution is -2.16. The van der Waals surface area contributed by atoms with Gasteiger partial charge in [0, 0.05) is 12.6 Å².